The molecule has 0 aliphatic carbocycles. The summed E-state index contributed by atoms with van der Waals surface area (Å²) in [6.45, 7) is 0. The predicted molar refractivity (Wildman–Crippen MR) is 100.0 cm³/mol. The number of hydrogen-bond acceptors (Lipinski definition) is 3. The lowest BCUT2D eigenvalue weighted by molar-refractivity contribution is -0.125. The third kappa shape index (κ3) is 3.41. The summed E-state index contributed by atoms with van der Waals surface area (Å²) in [5.74, 6) is -0.619. The molecule has 0 bridgehead atoms. The van der Waals surface area contributed by atoms with E-state index in [1.165, 1.54) is 16.8 Å². The second-order valence-electron chi connectivity index (χ2n) is 6.13. The first kappa shape index (κ1) is 17.2. The number of aromatic nitrogens is 2. The zero-order chi connectivity index (χ0) is 19.0. The maximum Gasteiger partial charge on any atom is 0.249 e. The zero-order valence-corrected chi connectivity index (χ0v) is 14.7. The van der Waals surface area contributed by atoms with Crippen molar-refractivity contribution in [2.24, 2.45) is 0 Å². The molecule has 2 N–H and O–H groups in total. The summed E-state index contributed by atoms with van der Waals surface area (Å²) in [4.78, 5) is 24.9. The SMILES string of the molecule is O=C1C[C@@H](C(=O)Nc2cccc(Cl)c2)n2ncc(-c3ccc(F)cc3)c2N1. The van der Waals surface area contributed by atoms with E-state index in [1.54, 1.807) is 42.6 Å². The van der Waals surface area contributed by atoms with Gasteiger partial charge in [-0.3, -0.25) is 9.59 Å². The minimum absolute atomic E-state index is 0.0378. The predicted octanol–water partition coefficient (Wildman–Crippen LogP) is 3.86. The highest BCUT2D eigenvalue weighted by Gasteiger charge is 2.33. The van der Waals surface area contributed by atoms with Gasteiger partial charge in [-0.15, -0.1) is 0 Å². The van der Waals surface area contributed by atoms with E-state index in [-0.39, 0.29) is 24.1 Å². The number of anilines is 2. The summed E-state index contributed by atoms with van der Waals surface area (Å²) in [6, 6.07) is 11.8. The fraction of sp³-hybridized carbons (Fsp3) is 0.105. The normalized spacial score (nSPS) is 15.8. The van der Waals surface area contributed by atoms with Crippen LogP contribution in [0.1, 0.15) is 12.5 Å². The van der Waals surface area contributed by atoms with Crippen LogP contribution in [0.25, 0.3) is 11.1 Å². The van der Waals surface area contributed by atoms with Gasteiger partial charge in [0.15, 0.2) is 0 Å². The quantitative estimate of drug-likeness (QED) is 0.719. The third-order valence-corrected chi connectivity index (χ3v) is 4.51. The first-order chi connectivity index (χ1) is 13.0. The third-order valence-electron chi connectivity index (χ3n) is 4.28. The van der Waals surface area contributed by atoms with Crippen LogP contribution in [-0.4, -0.2) is 21.6 Å². The van der Waals surface area contributed by atoms with Gasteiger partial charge in [-0.25, -0.2) is 9.07 Å². The number of carbonyl (C=O) groups excluding carboxylic acids is 2. The molecule has 0 saturated carbocycles. The van der Waals surface area contributed by atoms with Crippen molar-refractivity contribution in [1.29, 1.82) is 0 Å². The number of fused-ring (bicyclic) bond motifs is 1. The molecule has 3 aromatic rings. The molecular formula is C19H14ClFN4O2. The van der Waals surface area contributed by atoms with Gasteiger partial charge in [-0.1, -0.05) is 29.8 Å². The van der Waals surface area contributed by atoms with Gasteiger partial charge >= 0.3 is 0 Å². The van der Waals surface area contributed by atoms with Crippen molar-refractivity contribution in [2.45, 2.75) is 12.5 Å². The Hall–Kier alpha value is -3.19. The molecule has 0 spiro atoms. The molecule has 2 amide bonds. The molecule has 8 heteroatoms. The van der Waals surface area contributed by atoms with E-state index >= 15 is 0 Å². The first-order valence-electron chi connectivity index (χ1n) is 8.21. The number of rotatable bonds is 3. The Kier molecular flexibility index (Phi) is 4.37. The van der Waals surface area contributed by atoms with Crippen LogP contribution in [0.2, 0.25) is 5.02 Å². The largest absolute Gasteiger partial charge is 0.324 e. The summed E-state index contributed by atoms with van der Waals surface area (Å²) in [5.41, 5.74) is 1.84. The highest BCUT2D eigenvalue weighted by Crippen LogP contribution is 2.34. The standard InChI is InChI=1S/C19H14ClFN4O2/c20-12-2-1-3-14(8-12)23-19(27)16-9-17(26)24-18-15(10-22-25(16)18)11-4-6-13(21)7-5-11/h1-8,10,16H,9H2,(H,23,27)(H,24,26)/t16-/m0/s1. The van der Waals surface area contributed by atoms with Crippen LogP contribution in [0.5, 0.6) is 0 Å². The summed E-state index contributed by atoms with van der Waals surface area (Å²) < 4.78 is 14.7. The summed E-state index contributed by atoms with van der Waals surface area (Å²) in [5, 5.41) is 10.3. The Labute approximate surface area is 158 Å². The lowest BCUT2D eigenvalue weighted by atomic mass is 10.1. The molecule has 4 rings (SSSR count). The van der Waals surface area contributed by atoms with E-state index in [2.05, 4.69) is 15.7 Å². The molecule has 0 saturated heterocycles. The van der Waals surface area contributed by atoms with Gasteiger partial charge in [0.1, 0.15) is 17.7 Å². The van der Waals surface area contributed by atoms with Crippen molar-refractivity contribution in [3.8, 4) is 11.1 Å². The Morgan fingerprint density at radius 3 is 2.78 bits per heavy atom. The summed E-state index contributed by atoms with van der Waals surface area (Å²) in [6.07, 6.45) is 1.51. The topological polar surface area (TPSA) is 76.0 Å². The number of benzene rings is 2. The number of hydrogen-bond donors (Lipinski definition) is 2. The smallest absolute Gasteiger partial charge is 0.249 e. The van der Waals surface area contributed by atoms with E-state index in [0.29, 0.717) is 27.7 Å². The minimum atomic E-state index is -0.804. The van der Waals surface area contributed by atoms with Crippen LogP contribution in [0.15, 0.2) is 54.7 Å². The van der Waals surface area contributed by atoms with Crippen LogP contribution in [-0.2, 0) is 9.59 Å². The molecule has 1 aromatic heterocycles. The maximum absolute atomic E-state index is 13.2. The van der Waals surface area contributed by atoms with Crippen molar-refractivity contribution in [3.05, 3.63) is 65.6 Å². The highest BCUT2D eigenvalue weighted by molar-refractivity contribution is 6.30. The van der Waals surface area contributed by atoms with Crippen molar-refractivity contribution >= 4 is 34.9 Å². The van der Waals surface area contributed by atoms with Gasteiger partial charge < -0.3 is 10.6 Å². The van der Waals surface area contributed by atoms with E-state index in [4.69, 9.17) is 11.6 Å². The molecule has 0 unspecified atom stereocenters. The van der Waals surface area contributed by atoms with Gasteiger partial charge in [0.25, 0.3) is 0 Å². The minimum Gasteiger partial charge on any atom is -0.324 e. The Bertz CT molecular complexity index is 1030. The van der Waals surface area contributed by atoms with E-state index in [1.807, 2.05) is 0 Å². The van der Waals surface area contributed by atoms with Crippen molar-refractivity contribution in [1.82, 2.24) is 9.78 Å². The lowest BCUT2D eigenvalue weighted by Gasteiger charge is -2.24. The van der Waals surface area contributed by atoms with Crippen LogP contribution in [0, 0.1) is 5.82 Å². The maximum atomic E-state index is 13.2. The molecule has 1 aliphatic rings. The second kappa shape index (κ2) is 6.85. The number of carbonyl (C=O) groups is 2. The number of nitrogens with one attached hydrogen (secondary N) is 2. The highest BCUT2D eigenvalue weighted by atomic mass is 35.5. The monoisotopic (exact) mass is 384 g/mol. The molecule has 2 heterocycles. The molecule has 2 aromatic carbocycles. The Morgan fingerprint density at radius 2 is 2.04 bits per heavy atom. The molecule has 1 aliphatic heterocycles. The van der Waals surface area contributed by atoms with E-state index < -0.39 is 6.04 Å². The van der Waals surface area contributed by atoms with Gasteiger partial charge in [0, 0.05) is 16.3 Å². The van der Waals surface area contributed by atoms with Gasteiger partial charge in [-0.2, -0.15) is 5.10 Å². The molecule has 27 heavy (non-hydrogen) atoms. The van der Waals surface area contributed by atoms with Gasteiger partial charge in [0.2, 0.25) is 11.8 Å². The van der Waals surface area contributed by atoms with Gasteiger partial charge in [-0.05, 0) is 35.9 Å². The summed E-state index contributed by atoms with van der Waals surface area (Å²) in [7, 11) is 0. The van der Waals surface area contributed by atoms with Crippen LogP contribution in [0.3, 0.4) is 0 Å². The summed E-state index contributed by atoms with van der Waals surface area (Å²) >= 11 is 5.94. The Balaban J connectivity index is 1.66. The molecule has 6 nitrogen and oxygen atoms in total. The molecule has 0 radical (unpaired) electrons. The number of halogens is 2. The van der Waals surface area contributed by atoms with Crippen LogP contribution >= 0.6 is 11.6 Å². The van der Waals surface area contributed by atoms with E-state index in [9.17, 15) is 14.0 Å². The molecule has 0 fully saturated rings. The van der Waals surface area contributed by atoms with Crippen LogP contribution < -0.4 is 10.6 Å². The van der Waals surface area contributed by atoms with Crippen molar-refractivity contribution in [2.75, 3.05) is 10.6 Å². The van der Waals surface area contributed by atoms with Crippen molar-refractivity contribution < 1.29 is 14.0 Å². The average molecular weight is 385 g/mol. The molecule has 1 atom stereocenters. The number of nitrogens with zero attached hydrogens (tertiary/aromatic N) is 2. The fourth-order valence-electron chi connectivity index (χ4n) is 3.00. The Morgan fingerprint density at radius 1 is 1.26 bits per heavy atom. The average Bonchev–Trinajstić information content (AvgIpc) is 3.05. The zero-order valence-electron chi connectivity index (χ0n) is 13.9. The second-order valence-corrected chi connectivity index (χ2v) is 6.56. The van der Waals surface area contributed by atoms with Crippen molar-refractivity contribution in [3.63, 3.8) is 0 Å². The lowest BCUT2D eigenvalue weighted by Crippen LogP contribution is -2.35. The number of amides is 2. The van der Waals surface area contributed by atoms with Crippen LogP contribution in [0.4, 0.5) is 15.9 Å². The van der Waals surface area contributed by atoms with Gasteiger partial charge in [0.05, 0.1) is 12.6 Å². The first-order valence-corrected chi connectivity index (χ1v) is 8.59. The molecular weight excluding hydrogens is 371 g/mol. The fourth-order valence-corrected chi connectivity index (χ4v) is 3.19. The van der Waals surface area contributed by atoms with E-state index in [0.717, 1.165) is 0 Å². The molecule has 136 valence electrons.